The minimum absolute atomic E-state index is 0.815. The van der Waals surface area contributed by atoms with E-state index in [4.69, 9.17) is 0 Å². The summed E-state index contributed by atoms with van der Waals surface area (Å²) < 4.78 is 8.23. The summed E-state index contributed by atoms with van der Waals surface area (Å²) in [6, 6.07) is 38.2. The van der Waals surface area contributed by atoms with Gasteiger partial charge in [-0.05, 0) is 35.4 Å². The SMILES string of the molecule is c1ccc(CSc2ccccc2-[n+]2cnn(CCCn3c[n+](-c4ccccc4SCc4ccccc4)cn3)c2)cc1. The van der Waals surface area contributed by atoms with Gasteiger partial charge in [-0.1, -0.05) is 84.9 Å². The van der Waals surface area contributed by atoms with E-state index in [1.54, 1.807) is 0 Å². The topological polar surface area (TPSA) is 43.4 Å². The van der Waals surface area contributed by atoms with E-state index in [2.05, 4.69) is 141 Å². The monoisotopic (exact) mass is 576 g/mol. The Morgan fingerprint density at radius 3 is 1.39 bits per heavy atom. The Bertz CT molecular complexity index is 1560. The quantitative estimate of drug-likeness (QED) is 0.127. The molecular formula is C33H32N6S2+2. The van der Waals surface area contributed by atoms with Crippen molar-refractivity contribution in [1.82, 2.24) is 19.6 Å². The first kappa shape index (κ1) is 27.1. The number of thioether (sulfide) groups is 2. The van der Waals surface area contributed by atoms with Crippen LogP contribution in [-0.4, -0.2) is 19.6 Å². The van der Waals surface area contributed by atoms with E-state index in [1.165, 1.54) is 20.9 Å². The predicted octanol–water partition coefficient (Wildman–Crippen LogP) is 6.31. The van der Waals surface area contributed by atoms with Crippen molar-refractivity contribution < 1.29 is 9.13 Å². The van der Waals surface area contributed by atoms with Gasteiger partial charge in [0.15, 0.2) is 0 Å². The van der Waals surface area contributed by atoms with Crippen LogP contribution < -0.4 is 9.13 Å². The highest BCUT2D eigenvalue weighted by Gasteiger charge is 2.15. The Kier molecular flexibility index (Phi) is 8.89. The summed E-state index contributed by atoms with van der Waals surface area (Å²) >= 11 is 3.70. The molecule has 4 aromatic carbocycles. The van der Waals surface area contributed by atoms with Gasteiger partial charge in [0.05, 0.1) is 0 Å². The largest absolute Gasteiger partial charge is 0.270 e. The lowest BCUT2D eigenvalue weighted by atomic mass is 10.2. The molecule has 204 valence electrons. The molecule has 0 radical (unpaired) electrons. The summed E-state index contributed by atoms with van der Waals surface area (Å²) in [5.41, 5.74) is 4.94. The second-order valence-electron chi connectivity index (χ2n) is 9.67. The average molecular weight is 577 g/mol. The van der Waals surface area contributed by atoms with Crippen molar-refractivity contribution in [2.45, 2.75) is 40.8 Å². The van der Waals surface area contributed by atoms with Gasteiger partial charge in [-0.15, -0.1) is 32.9 Å². The number of hydrogen-bond acceptors (Lipinski definition) is 4. The third-order valence-electron chi connectivity index (χ3n) is 6.70. The third kappa shape index (κ3) is 7.14. The Balaban J connectivity index is 1.05. The first-order valence-electron chi connectivity index (χ1n) is 13.7. The maximum atomic E-state index is 4.63. The average Bonchev–Trinajstić information content (AvgIpc) is 3.71. The van der Waals surface area contributed by atoms with Crippen molar-refractivity contribution in [3.63, 3.8) is 0 Å². The van der Waals surface area contributed by atoms with Crippen LogP contribution in [0.1, 0.15) is 17.5 Å². The molecule has 0 amide bonds. The molecule has 8 heteroatoms. The molecule has 2 heterocycles. The second kappa shape index (κ2) is 13.5. The van der Waals surface area contributed by atoms with Crippen molar-refractivity contribution >= 4 is 23.5 Å². The first-order chi connectivity index (χ1) is 20.3. The summed E-state index contributed by atoms with van der Waals surface area (Å²) in [6.45, 7) is 1.63. The summed E-state index contributed by atoms with van der Waals surface area (Å²) in [5.74, 6) is 1.87. The van der Waals surface area contributed by atoms with Gasteiger partial charge in [-0.25, -0.2) is 9.13 Å². The highest BCUT2D eigenvalue weighted by atomic mass is 32.2. The van der Waals surface area contributed by atoms with Crippen LogP contribution in [0.15, 0.2) is 144 Å². The zero-order valence-corrected chi connectivity index (χ0v) is 24.4. The lowest BCUT2D eigenvalue weighted by molar-refractivity contribution is -0.599. The maximum absolute atomic E-state index is 4.63. The molecule has 41 heavy (non-hydrogen) atoms. The highest BCUT2D eigenvalue weighted by molar-refractivity contribution is 7.98. The lowest BCUT2D eigenvalue weighted by Gasteiger charge is -2.06. The number of para-hydroxylation sites is 2. The number of aromatic nitrogens is 6. The van der Waals surface area contributed by atoms with Crippen molar-refractivity contribution in [3.05, 3.63) is 146 Å². The molecule has 0 saturated carbocycles. The maximum Gasteiger partial charge on any atom is 0.270 e. The van der Waals surface area contributed by atoms with E-state index >= 15 is 0 Å². The standard InChI is InChI=1S/C33H32N6S2/c1-3-12-28(13-4-1)22-40-32-18-9-7-16-30(32)36-24-34-38(26-36)20-11-21-39-27-37(25-35-39)31-17-8-10-19-33(31)41-23-29-14-5-2-6-15-29/h1-10,12-19,24-27H,11,20-23H2/q+2. The molecular weight excluding hydrogens is 545 g/mol. The normalized spacial score (nSPS) is 11.1. The van der Waals surface area contributed by atoms with Crippen LogP contribution >= 0.6 is 23.5 Å². The summed E-state index contributed by atoms with van der Waals surface area (Å²) in [5, 5.41) is 9.25. The van der Waals surface area contributed by atoms with Crippen molar-refractivity contribution in [2.75, 3.05) is 0 Å². The molecule has 0 spiro atoms. The molecule has 0 bridgehead atoms. The first-order valence-corrected chi connectivity index (χ1v) is 15.7. The predicted molar refractivity (Wildman–Crippen MR) is 164 cm³/mol. The fourth-order valence-corrected chi connectivity index (χ4v) is 6.60. The Morgan fingerprint density at radius 2 is 0.927 bits per heavy atom. The molecule has 0 atom stereocenters. The molecule has 0 aliphatic rings. The molecule has 0 unspecified atom stereocenters. The van der Waals surface area contributed by atoms with Gasteiger partial charge in [0, 0.05) is 37.9 Å². The summed E-state index contributed by atoms with van der Waals surface area (Å²) in [6.07, 6.45) is 8.87. The van der Waals surface area contributed by atoms with E-state index in [1.807, 2.05) is 45.5 Å². The Morgan fingerprint density at radius 1 is 0.512 bits per heavy atom. The molecule has 0 saturated heterocycles. The van der Waals surface area contributed by atoms with Gasteiger partial charge in [-0.3, -0.25) is 0 Å². The molecule has 0 N–H and O–H groups in total. The van der Waals surface area contributed by atoms with E-state index in [0.717, 1.165) is 42.4 Å². The Labute approximate surface area is 249 Å². The third-order valence-corrected chi connectivity index (χ3v) is 8.97. The molecule has 2 aromatic heterocycles. The smallest absolute Gasteiger partial charge is 0.202 e. The Hall–Kier alpha value is -4.14. The second-order valence-corrected chi connectivity index (χ2v) is 11.7. The fourth-order valence-electron chi connectivity index (χ4n) is 4.58. The van der Waals surface area contributed by atoms with Crippen molar-refractivity contribution in [3.8, 4) is 11.4 Å². The van der Waals surface area contributed by atoms with Gasteiger partial charge in [0.2, 0.25) is 12.7 Å². The number of hydrogen-bond donors (Lipinski definition) is 0. The number of benzene rings is 4. The summed E-state index contributed by atoms with van der Waals surface area (Å²) in [4.78, 5) is 2.48. The molecule has 6 rings (SSSR count). The van der Waals surface area contributed by atoms with Crippen molar-refractivity contribution in [1.29, 1.82) is 0 Å². The number of aryl methyl sites for hydroxylation is 2. The van der Waals surface area contributed by atoms with Gasteiger partial charge >= 0.3 is 0 Å². The zero-order valence-electron chi connectivity index (χ0n) is 22.7. The van der Waals surface area contributed by atoms with Crippen LogP contribution in [0.4, 0.5) is 0 Å². The molecule has 6 nitrogen and oxygen atoms in total. The minimum Gasteiger partial charge on any atom is -0.202 e. The summed E-state index contributed by atoms with van der Waals surface area (Å²) in [7, 11) is 0. The number of rotatable bonds is 12. The van der Waals surface area contributed by atoms with Crippen LogP contribution in [0.25, 0.3) is 11.4 Å². The van der Waals surface area contributed by atoms with Crippen LogP contribution in [0.2, 0.25) is 0 Å². The molecule has 6 aromatic rings. The van der Waals surface area contributed by atoms with Crippen LogP contribution in [0, 0.1) is 0 Å². The van der Waals surface area contributed by atoms with E-state index in [-0.39, 0.29) is 0 Å². The highest BCUT2D eigenvalue weighted by Crippen LogP contribution is 2.27. The van der Waals surface area contributed by atoms with Crippen LogP contribution in [-0.2, 0) is 24.6 Å². The molecule has 0 fully saturated rings. The van der Waals surface area contributed by atoms with Gasteiger partial charge in [0.25, 0.3) is 12.7 Å². The molecule has 0 aliphatic heterocycles. The fraction of sp³-hybridized carbons (Fsp3) is 0.152. The zero-order chi connectivity index (χ0) is 27.7. The number of nitrogens with zero attached hydrogens (tertiary/aromatic N) is 6. The minimum atomic E-state index is 0.815. The molecule has 0 aliphatic carbocycles. The van der Waals surface area contributed by atoms with Crippen LogP contribution in [0.5, 0.6) is 0 Å². The van der Waals surface area contributed by atoms with Gasteiger partial charge in [-0.2, -0.15) is 0 Å². The van der Waals surface area contributed by atoms with Crippen molar-refractivity contribution in [2.24, 2.45) is 0 Å². The van der Waals surface area contributed by atoms with E-state index < -0.39 is 0 Å². The van der Waals surface area contributed by atoms with E-state index in [0.29, 0.717) is 0 Å². The van der Waals surface area contributed by atoms with Gasteiger partial charge in [0.1, 0.15) is 24.5 Å². The lowest BCUT2D eigenvalue weighted by Crippen LogP contribution is -2.28. The van der Waals surface area contributed by atoms with E-state index in [9.17, 15) is 0 Å². The van der Waals surface area contributed by atoms with Gasteiger partial charge < -0.3 is 0 Å². The van der Waals surface area contributed by atoms with Crippen LogP contribution in [0.3, 0.4) is 0 Å².